The summed E-state index contributed by atoms with van der Waals surface area (Å²) in [5.41, 5.74) is 0. The lowest BCUT2D eigenvalue weighted by Gasteiger charge is -2.12. The number of hydrogen-bond donors (Lipinski definition) is 1. The molecular weight excluding hydrogens is 266 g/mol. The van der Waals surface area contributed by atoms with Crippen molar-refractivity contribution in [2.45, 2.75) is 69.2 Å². The highest BCUT2D eigenvalue weighted by molar-refractivity contribution is 9.09. The summed E-state index contributed by atoms with van der Waals surface area (Å²) in [7, 11) is 0. The topological polar surface area (TPSA) is 20.2 Å². The zero-order chi connectivity index (χ0) is 11.7. The summed E-state index contributed by atoms with van der Waals surface area (Å²) in [5.74, 6) is 0. The van der Waals surface area contributed by atoms with Crippen LogP contribution in [0.15, 0.2) is 0 Å². The Morgan fingerprint density at radius 1 is 1.13 bits per heavy atom. The molecule has 0 amide bonds. The van der Waals surface area contributed by atoms with E-state index in [9.17, 15) is 13.9 Å². The van der Waals surface area contributed by atoms with Crippen LogP contribution in [0.3, 0.4) is 0 Å². The molecule has 0 aliphatic heterocycles. The van der Waals surface area contributed by atoms with Crippen LogP contribution in [0.2, 0.25) is 0 Å². The van der Waals surface area contributed by atoms with Crippen LogP contribution in [0.25, 0.3) is 0 Å². The van der Waals surface area contributed by atoms with Crippen molar-refractivity contribution in [2.24, 2.45) is 0 Å². The lowest BCUT2D eigenvalue weighted by Crippen LogP contribution is -2.12. The van der Waals surface area contributed by atoms with Crippen molar-refractivity contribution < 1.29 is 13.9 Å². The first-order valence-corrected chi connectivity index (χ1v) is 6.50. The SMILES string of the molecule is CCCCCCCC(O)CCC(F)(F)Br. The lowest BCUT2D eigenvalue weighted by atomic mass is 10.1. The highest BCUT2D eigenvalue weighted by atomic mass is 79.9. The number of hydrogen-bond acceptors (Lipinski definition) is 1. The standard InChI is InChI=1S/C11H21BrF2O/c1-2-3-4-5-6-7-10(15)8-9-11(12,13)14/h10,15H,2-9H2,1H3. The van der Waals surface area contributed by atoms with Crippen molar-refractivity contribution in [1.82, 2.24) is 0 Å². The number of alkyl halides is 3. The number of unbranched alkanes of at least 4 members (excludes halogenated alkanes) is 4. The Kier molecular flexibility index (Phi) is 8.62. The Labute approximate surface area is 99.4 Å². The van der Waals surface area contributed by atoms with Gasteiger partial charge >= 0.3 is 4.83 Å². The second kappa shape index (κ2) is 8.45. The van der Waals surface area contributed by atoms with Crippen LogP contribution >= 0.6 is 15.9 Å². The van der Waals surface area contributed by atoms with E-state index in [1.54, 1.807) is 0 Å². The molecule has 1 nitrogen and oxygen atoms in total. The van der Waals surface area contributed by atoms with E-state index < -0.39 is 10.9 Å². The number of halogens is 3. The molecule has 0 rings (SSSR count). The molecule has 0 aromatic heterocycles. The highest BCUT2D eigenvalue weighted by Gasteiger charge is 2.24. The first-order chi connectivity index (χ1) is 6.95. The van der Waals surface area contributed by atoms with Gasteiger partial charge in [0.2, 0.25) is 0 Å². The van der Waals surface area contributed by atoms with E-state index in [0.717, 1.165) is 12.8 Å². The van der Waals surface area contributed by atoms with E-state index in [4.69, 9.17) is 0 Å². The molecule has 92 valence electrons. The molecule has 0 fully saturated rings. The maximum Gasteiger partial charge on any atom is 0.301 e. The van der Waals surface area contributed by atoms with E-state index in [1.165, 1.54) is 19.3 Å². The summed E-state index contributed by atoms with van der Waals surface area (Å²) in [6, 6.07) is 0. The summed E-state index contributed by atoms with van der Waals surface area (Å²) in [6.07, 6.45) is 5.58. The van der Waals surface area contributed by atoms with Gasteiger partial charge in [-0.15, -0.1) is 0 Å². The fourth-order valence-electron chi connectivity index (χ4n) is 1.46. The first-order valence-electron chi connectivity index (χ1n) is 5.70. The summed E-state index contributed by atoms with van der Waals surface area (Å²) in [5, 5.41) is 9.41. The van der Waals surface area contributed by atoms with Crippen LogP contribution in [0, 0.1) is 0 Å². The van der Waals surface area contributed by atoms with Crippen LogP contribution in [0.4, 0.5) is 8.78 Å². The van der Waals surface area contributed by atoms with Gasteiger partial charge in [-0.25, -0.2) is 0 Å². The van der Waals surface area contributed by atoms with Gasteiger partial charge in [0.25, 0.3) is 0 Å². The average molecular weight is 287 g/mol. The number of rotatable bonds is 9. The maximum atomic E-state index is 12.4. The molecule has 0 spiro atoms. The van der Waals surface area contributed by atoms with Crippen LogP contribution in [-0.2, 0) is 0 Å². The van der Waals surface area contributed by atoms with Gasteiger partial charge in [-0.2, -0.15) is 8.78 Å². The molecule has 0 heterocycles. The minimum atomic E-state index is -2.82. The Hall–Kier alpha value is 0.300. The third-order valence-corrected chi connectivity index (χ3v) is 2.80. The number of aliphatic hydroxyl groups excluding tert-OH is 1. The van der Waals surface area contributed by atoms with Crippen molar-refractivity contribution in [3.63, 3.8) is 0 Å². The monoisotopic (exact) mass is 286 g/mol. The third kappa shape index (κ3) is 12.2. The molecule has 0 saturated heterocycles. The van der Waals surface area contributed by atoms with Crippen LogP contribution < -0.4 is 0 Å². The van der Waals surface area contributed by atoms with Crippen molar-refractivity contribution in [1.29, 1.82) is 0 Å². The average Bonchev–Trinajstić information content (AvgIpc) is 2.13. The molecule has 1 unspecified atom stereocenters. The van der Waals surface area contributed by atoms with Crippen molar-refractivity contribution in [3.05, 3.63) is 0 Å². The van der Waals surface area contributed by atoms with Crippen LogP contribution in [-0.4, -0.2) is 16.0 Å². The molecule has 0 aliphatic rings. The Balaban J connectivity index is 3.30. The van der Waals surface area contributed by atoms with Gasteiger partial charge in [0.05, 0.1) is 6.10 Å². The molecule has 4 heteroatoms. The third-order valence-electron chi connectivity index (χ3n) is 2.40. The molecule has 0 aliphatic carbocycles. The fourth-order valence-corrected chi connectivity index (χ4v) is 1.69. The van der Waals surface area contributed by atoms with Crippen molar-refractivity contribution in [3.8, 4) is 0 Å². The van der Waals surface area contributed by atoms with Crippen molar-refractivity contribution >= 4 is 15.9 Å². The second-order valence-electron chi connectivity index (χ2n) is 4.01. The van der Waals surface area contributed by atoms with Gasteiger partial charge in [-0.3, -0.25) is 0 Å². The van der Waals surface area contributed by atoms with E-state index in [0.29, 0.717) is 6.42 Å². The molecule has 1 N–H and O–H groups in total. The minimum Gasteiger partial charge on any atom is -0.393 e. The Morgan fingerprint density at radius 3 is 2.27 bits per heavy atom. The molecule has 0 saturated carbocycles. The minimum absolute atomic E-state index is 0.173. The van der Waals surface area contributed by atoms with Crippen LogP contribution in [0.1, 0.15) is 58.3 Å². The van der Waals surface area contributed by atoms with Gasteiger partial charge in [0.1, 0.15) is 0 Å². The molecule has 15 heavy (non-hydrogen) atoms. The highest BCUT2D eigenvalue weighted by Crippen LogP contribution is 2.28. The van der Waals surface area contributed by atoms with Crippen LogP contribution in [0.5, 0.6) is 0 Å². The Bertz CT molecular complexity index is 148. The van der Waals surface area contributed by atoms with Gasteiger partial charge < -0.3 is 5.11 Å². The van der Waals surface area contributed by atoms with Gasteiger partial charge in [-0.05, 0) is 28.8 Å². The molecule has 1 atom stereocenters. The van der Waals surface area contributed by atoms with Gasteiger partial charge in [-0.1, -0.05) is 39.0 Å². The predicted octanol–water partition coefficient (Wildman–Crippen LogP) is 4.48. The largest absolute Gasteiger partial charge is 0.393 e. The van der Waals surface area contributed by atoms with E-state index >= 15 is 0 Å². The first kappa shape index (κ1) is 15.3. The molecule has 0 bridgehead atoms. The molecule has 0 aromatic rings. The summed E-state index contributed by atoms with van der Waals surface area (Å²) >= 11 is 2.26. The maximum absolute atomic E-state index is 12.4. The fraction of sp³-hybridized carbons (Fsp3) is 1.00. The van der Waals surface area contributed by atoms with Gasteiger partial charge in [0, 0.05) is 6.42 Å². The zero-order valence-corrected chi connectivity index (χ0v) is 10.9. The van der Waals surface area contributed by atoms with Crippen molar-refractivity contribution in [2.75, 3.05) is 0 Å². The Morgan fingerprint density at radius 2 is 1.73 bits per heavy atom. The molecule has 0 radical (unpaired) electrons. The smallest absolute Gasteiger partial charge is 0.301 e. The summed E-state index contributed by atoms with van der Waals surface area (Å²) < 4.78 is 24.8. The molecule has 0 aromatic carbocycles. The predicted molar refractivity (Wildman–Crippen MR) is 62.5 cm³/mol. The van der Waals surface area contributed by atoms with E-state index in [1.807, 2.05) is 0 Å². The second-order valence-corrected chi connectivity index (χ2v) is 5.17. The van der Waals surface area contributed by atoms with E-state index in [2.05, 4.69) is 22.9 Å². The zero-order valence-electron chi connectivity index (χ0n) is 9.32. The number of aliphatic hydroxyl groups is 1. The normalized spacial score (nSPS) is 14.2. The molecular formula is C11H21BrF2O. The summed E-state index contributed by atoms with van der Waals surface area (Å²) in [4.78, 5) is -2.82. The lowest BCUT2D eigenvalue weighted by molar-refractivity contribution is 0.0700. The quantitative estimate of drug-likeness (QED) is 0.490. The van der Waals surface area contributed by atoms with E-state index in [-0.39, 0.29) is 12.8 Å². The summed E-state index contributed by atoms with van der Waals surface area (Å²) in [6.45, 7) is 2.15. The van der Waals surface area contributed by atoms with Gasteiger partial charge in [0.15, 0.2) is 0 Å².